The highest BCUT2D eigenvalue weighted by Crippen LogP contribution is 2.30. The van der Waals surface area contributed by atoms with Gasteiger partial charge in [0.05, 0.1) is 17.0 Å². The van der Waals surface area contributed by atoms with E-state index in [9.17, 15) is 9.59 Å². The number of halogens is 1. The van der Waals surface area contributed by atoms with E-state index in [1.54, 1.807) is 23.1 Å². The number of benzene rings is 2. The largest absolute Gasteiger partial charge is 0.484 e. The lowest BCUT2D eigenvalue weighted by Crippen LogP contribution is -2.48. The van der Waals surface area contributed by atoms with Crippen LogP contribution in [-0.4, -0.2) is 49.5 Å². The molecule has 0 saturated carbocycles. The zero-order valence-corrected chi connectivity index (χ0v) is 19.4. The topological polar surface area (TPSA) is 75.0 Å². The van der Waals surface area contributed by atoms with Gasteiger partial charge in [0.15, 0.2) is 12.4 Å². The maximum absolute atomic E-state index is 12.4. The molecule has 1 N–H and O–H groups in total. The van der Waals surface area contributed by atoms with Crippen LogP contribution in [0, 0.1) is 13.8 Å². The van der Waals surface area contributed by atoms with Gasteiger partial charge < -0.3 is 24.3 Å². The molecule has 7 nitrogen and oxygen atoms in total. The summed E-state index contributed by atoms with van der Waals surface area (Å²) in [4.78, 5) is 28.6. The summed E-state index contributed by atoms with van der Waals surface area (Å²) < 4.78 is 10.8. The number of amides is 2. The predicted octanol–water partition coefficient (Wildman–Crippen LogP) is 4.53. The minimum absolute atomic E-state index is 0.0898. The van der Waals surface area contributed by atoms with Gasteiger partial charge in [0.2, 0.25) is 0 Å². The molecule has 1 aromatic heterocycles. The summed E-state index contributed by atoms with van der Waals surface area (Å²) in [5.74, 6) is 0.642. The number of rotatable bonds is 6. The quantitative estimate of drug-likeness (QED) is 0.576. The minimum atomic E-state index is -0.262. The van der Waals surface area contributed by atoms with Crippen LogP contribution >= 0.6 is 11.6 Å². The molecule has 1 saturated heterocycles. The van der Waals surface area contributed by atoms with Crippen molar-refractivity contribution < 1.29 is 18.7 Å². The molecule has 1 fully saturated rings. The number of anilines is 2. The van der Waals surface area contributed by atoms with E-state index in [-0.39, 0.29) is 18.4 Å². The molecule has 0 aliphatic carbocycles. The van der Waals surface area contributed by atoms with Crippen LogP contribution in [-0.2, 0) is 4.79 Å². The number of furan rings is 1. The first kappa shape index (κ1) is 22.7. The Kier molecular flexibility index (Phi) is 6.89. The summed E-state index contributed by atoms with van der Waals surface area (Å²) >= 11 is 6.51. The summed E-state index contributed by atoms with van der Waals surface area (Å²) in [5.41, 5.74) is 3.75. The van der Waals surface area contributed by atoms with Gasteiger partial charge in [0.1, 0.15) is 5.75 Å². The van der Waals surface area contributed by atoms with Crippen molar-refractivity contribution in [3.05, 3.63) is 76.7 Å². The van der Waals surface area contributed by atoms with E-state index in [1.807, 2.05) is 44.2 Å². The molecule has 0 bridgehead atoms. The Morgan fingerprint density at radius 3 is 2.48 bits per heavy atom. The smallest absolute Gasteiger partial charge is 0.289 e. The fourth-order valence-electron chi connectivity index (χ4n) is 3.70. The van der Waals surface area contributed by atoms with Gasteiger partial charge in [0, 0.05) is 31.9 Å². The van der Waals surface area contributed by atoms with E-state index in [0.717, 1.165) is 11.3 Å². The summed E-state index contributed by atoms with van der Waals surface area (Å²) in [6, 6.07) is 14.5. The van der Waals surface area contributed by atoms with Crippen molar-refractivity contribution in [2.24, 2.45) is 0 Å². The van der Waals surface area contributed by atoms with Crippen LogP contribution in [0.15, 0.2) is 59.2 Å². The Labute approximate surface area is 197 Å². The Morgan fingerprint density at radius 2 is 1.82 bits per heavy atom. The fourth-order valence-corrected chi connectivity index (χ4v) is 4.00. The van der Waals surface area contributed by atoms with Crippen LogP contribution in [0.2, 0.25) is 5.02 Å². The van der Waals surface area contributed by atoms with Crippen LogP contribution in [0.5, 0.6) is 5.75 Å². The third kappa shape index (κ3) is 5.49. The van der Waals surface area contributed by atoms with Crippen molar-refractivity contribution in [3.8, 4) is 5.75 Å². The van der Waals surface area contributed by atoms with Crippen molar-refractivity contribution in [2.45, 2.75) is 13.8 Å². The maximum Gasteiger partial charge on any atom is 0.289 e. The Morgan fingerprint density at radius 1 is 1.03 bits per heavy atom. The second kappa shape index (κ2) is 10.0. The number of aryl methyl sites for hydroxylation is 2. The number of nitrogens with one attached hydrogen (secondary N) is 1. The number of hydrogen-bond acceptors (Lipinski definition) is 5. The van der Waals surface area contributed by atoms with Crippen molar-refractivity contribution in [1.82, 2.24) is 4.90 Å². The van der Waals surface area contributed by atoms with E-state index in [0.29, 0.717) is 48.4 Å². The molecular formula is C25H26ClN3O4. The molecule has 1 aliphatic rings. The van der Waals surface area contributed by atoms with E-state index < -0.39 is 0 Å². The first-order chi connectivity index (χ1) is 15.9. The first-order valence-electron chi connectivity index (χ1n) is 10.8. The molecule has 3 aromatic rings. The average molecular weight is 468 g/mol. The standard InChI is InChI=1S/C25H26ClN3O4/c1-17-5-7-20(14-18(17)2)33-16-24(30)27-19-6-8-22(21(26)15-19)28-9-11-29(12-10-28)25(31)23-4-3-13-32-23/h3-8,13-15H,9-12,16H2,1-2H3,(H,27,30). The molecule has 0 atom stereocenters. The lowest BCUT2D eigenvalue weighted by molar-refractivity contribution is -0.118. The van der Waals surface area contributed by atoms with E-state index in [2.05, 4.69) is 10.2 Å². The van der Waals surface area contributed by atoms with Gasteiger partial charge in [-0.1, -0.05) is 17.7 Å². The summed E-state index contributed by atoms with van der Waals surface area (Å²) in [6.45, 7) is 6.40. The van der Waals surface area contributed by atoms with Crippen molar-refractivity contribution in [2.75, 3.05) is 43.0 Å². The van der Waals surface area contributed by atoms with Gasteiger partial charge in [-0.15, -0.1) is 0 Å². The molecular weight excluding hydrogens is 442 g/mol. The number of ether oxygens (including phenoxy) is 1. The normalized spacial score (nSPS) is 13.7. The van der Waals surface area contributed by atoms with Crippen LogP contribution < -0.4 is 15.0 Å². The molecule has 4 rings (SSSR count). The molecule has 33 heavy (non-hydrogen) atoms. The lowest BCUT2D eigenvalue weighted by atomic mass is 10.1. The van der Waals surface area contributed by atoms with Gasteiger partial charge in [-0.3, -0.25) is 9.59 Å². The number of piperazine rings is 1. The average Bonchev–Trinajstić information content (AvgIpc) is 3.35. The Balaban J connectivity index is 1.30. The zero-order chi connectivity index (χ0) is 23.4. The summed E-state index contributed by atoms with van der Waals surface area (Å²) in [7, 11) is 0. The van der Waals surface area contributed by atoms with Gasteiger partial charge >= 0.3 is 0 Å². The van der Waals surface area contributed by atoms with Crippen LogP contribution in [0.4, 0.5) is 11.4 Å². The second-order valence-corrected chi connectivity index (χ2v) is 8.41. The van der Waals surface area contributed by atoms with E-state index in [1.165, 1.54) is 11.8 Å². The van der Waals surface area contributed by atoms with Crippen molar-refractivity contribution >= 4 is 34.8 Å². The highest BCUT2D eigenvalue weighted by Gasteiger charge is 2.24. The molecule has 2 amide bonds. The third-order valence-corrected chi connectivity index (χ3v) is 6.02. The monoisotopic (exact) mass is 467 g/mol. The van der Waals surface area contributed by atoms with Crippen LogP contribution in [0.1, 0.15) is 21.7 Å². The van der Waals surface area contributed by atoms with Gasteiger partial charge in [-0.2, -0.15) is 0 Å². The van der Waals surface area contributed by atoms with Crippen LogP contribution in [0.3, 0.4) is 0 Å². The lowest BCUT2D eigenvalue weighted by Gasteiger charge is -2.36. The number of carbonyl (C=O) groups is 2. The second-order valence-electron chi connectivity index (χ2n) is 8.01. The minimum Gasteiger partial charge on any atom is -0.484 e. The highest BCUT2D eigenvalue weighted by molar-refractivity contribution is 6.33. The number of nitrogens with zero attached hydrogens (tertiary/aromatic N) is 2. The van der Waals surface area contributed by atoms with Gasteiger partial charge in [-0.25, -0.2) is 0 Å². The molecule has 1 aliphatic heterocycles. The maximum atomic E-state index is 12.4. The molecule has 0 unspecified atom stereocenters. The SMILES string of the molecule is Cc1ccc(OCC(=O)Nc2ccc(N3CCN(C(=O)c4ccco4)CC3)c(Cl)c2)cc1C. The summed E-state index contributed by atoms with van der Waals surface area (Å²) in [6.07, 6.45) is 1.50. The molecule has 8 heteroatoms. The Bertz CT molecular complexity index is 1140. The van der Waals surface area contributed by atoms with Gasteiger partial charge in [0.25, 0.3) is 11.8 Å². The van der Waals surface area contributed by atoms with E-state index in [4.69, 9.17) is 20.8 Å². The molecule has 2 heterocycles. The van der Waals surface area contributed by atoms with Crippen molar-refractivity contribution in [1.29, 1.82) is 0 Å². The molecule has 172 valence electrons. The van der Waals surface area contributed by atoms with Crippen LogP contribution in [0.25, 0.3) is 0 Å². The Hall–Kier alpha value is -3.45. The summed E-state index contributed by atoms with van der Waals surface area (Å²) in [5, 5.41) is 3.35. The number of hydrogen-bond donors (Lipinski definition) is 1. The van der Waals surface area contributed by atoms with Gasteiger partial charge in [-0.05, 0) is 67.4 Å². The first-order valence-corrected chi connectivity index (χ1v) is 11.2. The van der Waals surface area contributed by atoms with Crippen molar-refractivity contribution in [3.63, 3.8) is 0 Å². The fraction of sp³-hybridized carbons (Fsp3) is 0.280. The zero-order valence-electron chi connectivity index (χ0n) is 18.6. The highest BCUT2D eigenvalue weighted by atomic mass is 35.5. The predicted molar refractivity (Wildman–Crippen MR) is 128 cm³/mol. The molecule has 2 aromatic carbocycles. The molecule has 0 radical (unpaired) electrons. The third-order valence-electron chi connectivity index (χ3n) is 5.72. The number of carbonyl (C=O) groups excluding carboxylic acids is 2. The molecule has 0 spiro atoms. The van der Waals surface area contributed by atoms with E-state index >= 15 is 0 Å².